The molecule has 0 amide bonds. The molecule has 0 atom stereocenters. The third-order valence-electron chi connectivity index (χ3n) is 3.50. The highest BCUT2D eigenvalue weighted by molar-refractivity contribution is 7.89. The fourth-order valence-corrected chi connectivity index (χ4v) is 2.87. The van der Waals surface area contributed by atoms with Gasteiger partial charge in [-0.3, -0.25) is 5.10 Å². The Hall–Kier alpha value is -0.880. The number of hydrogen-bond donors (Lipinski definition) is 2. The molecule has 0 unspecified atom stereocenters. The van der Waals surface area contributed by atoms with Gasteiger partial charge in [-0.25, -0.2) is 13.1 Å². The number of H-pyrrole nitrogens is 1. The summed E-state index contributed by atoms with van der Waals surface area (Å²) in [6, 6.07) is 1.46. The zero-order chi connectivity index (χ0) is 11.8. The van der Waals surface area contributed by atoms with Gasteiger partial charge in [0.05, 0.1) is 6.20 Å². The molecular weight excluding hydrogens is 226 g/mol. The Labute approximate surface area is 95.7 Å². The van der Waals surface area contributed by atoms with Crippen molar-refractivity contribution in [1.82, 2.24) is 14.9 Å². The van der Waals surface area contributed by atoms with Gasteiger partial charge in [-0.15, -0.1) is 0 Å². The van der Waals surface area contributed by atoms with Crippen LogP contribution in [0.15, 0.2) is 17.3 Å². The minimum Gasteiger partial charge on any atom is -0.266 e. The average molecular weight is 243 g/mol. The van der Waals surface area contributed by atoms with Gasteiger partial charge < -0.3 is 0 Å². The summed E-state index contributed by atoms with van der Waals surface area (Å²) in [6.45, 7) is 4.79. The van der Waals surface area contributed by atoms with Gasteiger partial charge in [0.1, 0.15) is 0 Å². The normalized spacial score (nSPS) is 18.9. The summed E-state index contributed by atoms with van der Waals surface area (Å²) in [5.41, 5.74) is 0.174. The van der Waals surface area contributed by atoms with E-state index in [1.807, 2.05) is 0 Å². The molecule has 0 saturated heterocycles. The Kier molecular flexibility index (Phi) is 2.79. The van der Waals surface area contributed by atoms with Crippen LogP contribution in [0.4, 0.5) is 0 Å². The number of aromatic amines is 1. The lowest BCUT2D eigenvalue weighted by atomic mass is 9.93. The molecule has 90 valence electrons. The van der Waals surface area contributed by atoms with Gasteiger partial charge in [0, 0.05) is 6.54 Å². The van der Waals surface area contributed by atoms with Crippen molar-refractivity contribution in [2.75, 3.05) is 6.54 Å². The molecule has 0 aromatic carbocycles. The number of sulfonamides is 1. The van der Waals surface area contributed by atoms with Crippen molar-refractivity contribution in [2.24, 2.45) is 11.3 Å². The summed E-state index contributed by atoms with van der Waals surface area (Å²) >= 11 is 0. The Morgan fingerprint density at radius 3 is 2.69 bits per heavy atom. The van der Waals surface area contributed by atoms with Crippen molar-refractivity contribution >= 4 is 10.0 Å². The van der Waals surface area contributed by atoms with Crippen LogP contribution in [0.3, 0.4) is 0 Å². The molecular formula is C10H17N3O2S. The maximum atomic E-state index is 11.8. The third kappa shape index (κ3) is 2.12. The molecule has 1 heterocycles. The van der Waals surface area contributed by atoms with Crippen molar-refractivity contribution < 1.29 is 8.42 Å². The SMILES string of the molecule is CC(C)C1(CNS(=O)(=O)c2ccn[nH]2)CC1. The van der Waals surface area contributed by atoms with E-state index in [0.29, 0.717) is 12.5 Å². The largest absolute Gasteiger partial charge is 0.266 e. The second kappa shape index (κ2) is 3.85. The van der Waals surface area contributed by atoms with Crippen LogP contribution < -0.4 is 4.72 Å². The first kappa shape index (κ1) is 11.6. The van der Waals surface area contributed by atoms with Crippen molar-refractivity contribution in [3.63, 3.8) is 0 Å². The van der Waals surface area contributed by atoms with Gasteiger partial charge in [0.2, 0.25) is 0 Å². The Morgan fingerprint density at radius 2 is 2.25 bits per heavy atom. The molecule has 1 aliphatic carbocycles. The van der Waals surface area contributed by atoms with Gasteiger partial charge in [0.25, 0.3) is 10.0 Å². The Balaban J connectivity index is 2.01. The zero-order valence-corrected chi connectivity index (χ0v) is 10.3. The van der Waals surface area contributed by atoms with E-state index in [4.69, 9.17) is 0 Å². The molecule has 1 fully saturated rings. The maximum absolute atomic E-state index is 11.8. The fourth-order valence-electron chi connectivity index (χ4n) is 1.83. The highest BCUT2D eigenvalue weighted by atomic mass is 32.2. The maximum Gasteiger partial charge on any atom is 0.257 e. The number of hydrogen-bond acceptors (Lipinski definition) is 3. The van der Waals surface area contributed by atoms with Crippen LogP contribution >= 0.6 is 0 Å². The first-order valence-electron chi connectivity index (χ1n) is 5.45. The fraction of sp³-hybridized carbons (Fsp3) is 0.700. The van der Waals surface area contributed by atoms with Crippen LogP contribution in [0, 0.1) is 11.3 Å². The number of rotatable bonds is 5. The monoisotopic (exact) mass is 243 g/mol. The Bertz CT molecular complexity index is 446. The summed E-state index contributed by atoms with van der Waals surface area (Å²) in [6.07, 6.45) is 3.65. The molecule has 2 rings (SSSR count). The standard InChI is InChI=1S/C10H17N3O2S/c1-8(2)10(4-5-10)7-12-16(14,15)9-3-6-11-13-9/h3,6,8,12H,4-5,7H2,1-2H3,(H,11,13). The molecule has 6 heteroatoms. The van der Waals surface area contributed by atoms with E-state index in [2.05, 4.69) is 28.8 Å². The summed E-state index contributed by atoms with van der Waals surface area (Å²) in [4.78, 5) is 0. The Morgan fingerprint density at radius 1 is 1.56 bits per heavy atom. The number of nitrogens with one attached hydrogen (secondary N) is 2. The van der Waals surface area contributed by atoms with E-state index in [1.165, 1.54) is 12.3 Å². The van der Waals surface area contributed by atoms with Gasteiger partial charge in [-0.05, 0) is 30.2 Å². The first-order valence-corrected chi connectivity index (χ1v) is 6.94. The molecule has 5 nitrogen and oxygen atoms in total. The summed E-state index contributed by atoms with van der Waals surface area (Å²) < 4.78 is 26.3. The third-order valence-corrected chi connectivity index (χ3v) is 4.83. The van der Waals surface area contributed by atoms with Crippen molar-refractivity contribution in [2.45, 2.75) is 31.7 Å². The van der Waals surface area contributed by atoms with Crippen LogP contribution in [0.2, 0.25) is 0 Å². The molecule has 0 spiro atoms. The lowest BCUT2D eigenvalue weighted by Crippen LogP contribution is -2.32. The van der Waals surface area contributed by atoms with E-state index in [1.54, 1.807) is 0 Å². The van der Waals surface area contributed by atoms with Crippen molar-refractivity contribution in [3.05, 3.63) is 12.3 Å². The molecule has 1 aliphatic rings. The van der Waals surface area contributed by atoms with Gasteiger partial charge in [-0.1, -0.05) is 13.8 Å². The van der Waals surface area contributed by atoms with Crippen LogP contribution in [-0.2, 0) is 10.0 Å². The van der Waals surface area contributed by atoms with Gasteiger partial charge in [0.15, 0.2) is 5.03 Å². The lowest BCUT2D eigenvalue weighted by Gasteiger charge is -2.19. The molecule has 1 aromatic rings. The highest BCUT2D eigenvalue weighted by Gasteiger charge is 2.45. The second-order valence-corrected chi connectivity index (χ2v) is 6.50. The average Bonchev–Trinajstić information content (AvgIpc) is 2.80. The van der Waals surface area contributed by atoms with Crippen molar-refractivity contribution in [3.8, 4) is 0 Å². The molecule has 0 bridgehead atoms. The molecule has 16 heavy (non-hydrogen) atoms. The topological polar surface area (TPSA) is 74.8 Å². The van der Waals surface area contributed by atoms with Crippen LogP contribution in [0.5, 0.6) is 0 Å². The minimum absolute atomic E-state index is 0.132. The van der Waals surface area contributed by atoms with E-state index in [-0.39, 0.29) is 10.4 Å². The molecule has 2 N–H and O–H groups in total. The zero-order valence-electron chi connectivity index (χ0n) is 9.53. The summed E-state index contributed by atoms with van der Waals surface area (Å²) in [5, 5.41) is 6.23. The van der Waals surface area contributed by atoms with Crippen LogP contribution in [0.1, 0.15) is 26.7 Å². The number of nitrogens with zero attached hydrogens (tertiary/aromatic N) is 1. The molecule has 0 radical (unpaired) electrons. The van der Waals surface area contributed by atoms with E-state index in [0.717, 1.165) is 12.8 Å². The van der Waals surface area contributed by atoms with E-state index in [9.17, 15) is 8.42 Å². The second-order valence-electron chi connectivity index (χ2n) is 4.76. The lowest BCUT2D eigenvalue weighted by molar-refractivity contribution is 0.357. The summed E-state index contributed by atoms with van der Waals surface area (Å²) in [5.74, 6) is 0.511. The van der Waals surface area contributed by atoms with E-state index >= 15 is 0 Å². The minimum atomic E-state index is -3.41. The van der Waals surface area contributed by atoms with Crippen LogP contribution in [0.25, 0.3) is 0 Å². The van der Waals surface area contributed by atoms with Gasteiger partial charge in [-0.2, -0.15) is 5.10 Å². The molecule has 1 aromatic heterocycles. The van der Waals surface area contributed by atoms with E-state index < -0.39 is 10.0 Å². The van der Waals surface area contributed by atoms with Gasteiger partial charge >= 0.3 is 0 Å². The molecule has 1 saturated carbocycles. The predicted molar refractivity (Wildman–Crippen MR) is 60.3 cm³/mol. The summed E-state index contributed by atoms with van der Waals surface area (Å²) in [7, 11) is -3.41. The predicted octanol–water partition coefficient (Wildman–Crippen LogP) is 1.12. The molecule has 0 aliphatic heterocycles. The smallest absolute Gasteiger partial charge is 0.257 e. The highest BCUT2D eigenvalue weighted by Crippen LogP contribution is 2.51. The van der Waals surface area contributed by atoms with Crippen LogP contribution in [-0.4, -0.2) is 25.2 Å². The van der Waals surface area contributed by atoms with Crippen molar-refractivity contribution in [1.29, 1.82) is 0 Å². The quantitative estimate of drug-likeness (QED) is 0.814. The number of aromatic nitrogens is 2. The first-order chi connectivity index (χ1) is 7.46.